The predicted molar refractivity (Wildman–Crippen MR) is 66.2 cm³/mol. The molecule has 2 aromatic rings. The molecule has 2 atom stereocenters. The van der Waals surface area contributed by atoms with Crippen LogP contribution >= 0.6 is 0 Å². The lowest BCUT2D eigenvalue weighted by Gasteiger charge is -2.15. The first-order valence-corrected chi connectivity index (χ1v) is 5.84. The second-order valence-corrected chi connectivity index (χ2v) is 4.32. The highest BCUT2D eigenvalue weighted by Gasteiger charge is 2.31. The normalized spacial score (nSPS) is 15.3. The Morgan fingerprint density at radius 3 is 2.65 bits per heavy atom. The maximum atomic E-state index is 12.1. The fourth-order valence-corrected chi connectivity index (χ4v) is 1.73. The summed E-state index contributed by atoms with van der Waals surface area (Å²) in [4.78, 5) is 7.10. The third kappa shape index (κ3) is 3.20. The Balaban J connectivity index is 2.30. The first-order valence-electron chi connectivity index (χ1n) is 5.84. The van der Waals surface area contributed by atoms with Crippen molar-refractivity contribution in [1.29, 1.82) is 0 Å². The molecule has 1 aromatic heterocycles. The summed E-state index contributed by atoms with van der Waals surface area (Å²) in [6.07, 6.45) is -5.00. The van der Waals surface area contributed by atoms with Crippen LogP contribution in [-0.4, -0.2) is 29.5 Å². The van der Waals surface area contributed by atoms with Gasteiger partial charge in [0, 0.05) is 13.2 Å². The number of benzene rings is 1. The van der Waals surface area contributed by atoms with E-state index in [0.717, 1.165) is 0 Å². The number of nitrogens with one attached hydrogen (secondary N) is 1. The Hall–Kier alpha value is -1.80. The number of methoxy groups -OCH3 is 1. The molecule has 20 heavy (non-hydrogen) atoms. The lowest BCUT2D eigenvalue weighted by molar-refractivity contribution is -0.274. The van der Waals surface area contributed by atoms with Gasteiger partial charge in [-0.25, -0.2) is 4.98 Å². The Morgan fingerprint density at radius 2 is 2.05 bits per heavy atom. The molecular formula is C12H14F3N3O2. The zero-order valence-corrected chi connectivity index (χ0v) is 10.9. The number of imidazole rings is 1. The number of ether oxygens (including phenoxy) is 2. The van der Waals surface area contributed by atoms with Crippen LogP contribution in [0.25, 0.3) is 11.0 Å². The third-order valence-electron chi connectivity index (χ3n) is 2.90. The third-order valence-corrected chi connectivity index (χ3v) is 2.90. The number of halogens is 3. The number of nitrogens with two attached hydrogens (primary N) is 1. The average Bonchev–Trinajstić information content (AvgIpc) is 2.77. The summed E-state index contributed by atoms with van der Waals surface area (Å²) >= 11 is 0. The Labute approximate surface area is 112 Å². The number of nitrogens with zero attached hydrogens (tertiary/aromatic N) is 1. The number of hydrogen-bond acceptors (Lipinski definition) is 4. The molecule has 1 aromatic carbocycles. The van der Waals surface area contributed by atoms with Crippen molar-refractivity contribution in [3.8, 4) is 5.75 Å². The molecule has 0 aliphatic carbocycles. The van der Waals surface area contributed by atoms with Crippen molar-refractivity contribution in [2.45, 2.75) is 25.4 Å². The number of hydrogen-bond donors (Lipinski definition) is 2. The first-order chi connectivity index (χ1) is 9.30. The second kappa shape index (κ2) is 5.29. The molecule has 3 N–H and O–H groups in total. The number of aromatic amines is 1. The van der Waals surface area contributed by atoms with Crippen molar-refractivity contribution in [1.82, 2.24) is 9.97 Å². The molecule has 110 valence electrons. The molecule has 1 heterocycles. The monoisotopic (exact) mass is 289 g/mol. The molecule has 0 spiro atoms. The van der Waals surface area contributed by atoms with E-state index in [-0.39, 0.29) is 11.9 Å². The van der Waals surface area contributed by atoms with E-state index in [1.54, 1.807) is 6.92 Å². The maximum Gasteiger partial charge on any atom is 0.573 e. The molecule has 5 nitrogen and oxygen atoms in total. The minimum Gasteiger partial charge on any atom is -0.406 e. The summed E-state index contributed by atoms with van der Waals surface area (Å²) in [6.45, 7) is 1.77. The molecular weight excluding hydrogens is 275 g/mol. The number of alkyl halides is 3. The smallest absolute Gasteiger partial charge is 0.406 e. The molecule has 2 rings (SSSR count). The summed E-state index contributed by atoms with van der Waals surface area (Å²) in [5, 5.41) is 0. The first kappa shape index (κ1) is 14.6. The Kier molecular flexibility index (Phi) is 3.87. The minimum atomic E-state index is -4.72. The van der Waals surface area contributed by atoms with Crippen LogP contribution in [0.3, 0.4) is 0 Å². The molecule has 0 saturated carbocycles. The van der Waals surface area contributed by atoms with Crippen LogP contribution in [0.5, 0.6) is 5.75 Å². The molecule has 0 aliphatic rings. The lowest BCUT2D eigenvalue weighted by atomic mass is 10.2. The molecule has 0 radical (unpaired) electrons. The van der Waals surface area contributed by atoms with E-state index in [1.807, 2.05) is 0 Å². The fraction of sp³-hybridized carbons (Fsp3) is 0.417. The van der Waals surface area contributed by atoms with Crippen LogP contribution < -0.4 is 10.5 Å². The van der Waals surface area contributed by atoms with Crippen molar-refractivity contribution >= 4 is 11.0 Å². The van der Waals surface area contributed by atoms with Crippen molar-refractivity contribution in [2.75, 3.05) is 7.11 Å². The van der Waals surface area contributed by atoms with Crippen LogP contribution in [0.1, 0.15) is 18.8 Å². The highest BCUT2D eigenvalue weighted by Crippen LogP contribution is 2.26. The van der Waals surface area contributed by atoms with Gasteiger partial charge in [-0.1, -0.05) is 0 Å². The summed E-state index contributed by atoms with van der Waals surface area (Å²) in [5.74, 6) is 0.132. The fourth-order valence-electron chi connectivity index (χ4n) is 1.73. The Morgan fingerprint density at radius 1 is 1.35 bits per heavy atom. The predicted octanol–water partition coefficient (Wildman–Crippen LogP) is 2.50. The van der Waals surface area contributed by atoms with Gasteiger partial charge >= 0.3 is 6.36 Å². The zero-order valence-electron chi connectivity index (χ0n) is 10.9. The molecule has 8 heteroatoms. The molecule has 0 aliphatic heterocycles. The van der Waals surface area contributed by atoms with Crippen molar-refractivity contribution in [3.05, 3.63) is 24.0 Å². The molecule has 0 saturated heterocycles. The quantitative estimate of drug-likeness (QED) is 0.907. The highest BCUT2D eigenvalue weighted by atomic mass is 19.4. The maximum absolute atomic E-state index is 12.1. The van der Waals surface area contributed by atoms with Gasteiger partial charge in [-0.05, 0) is 19.1 Å². The Bertz CT molecular complexity index is 597. The zero-order chi connectivity index (χ0) is 14.9. The van der Waals surface area contributed by atoms with Gasteiger partial charge in [0.15, 0.2) is 0 Å². The topological polar surface area (TPSA) is 73.2 Å². The molecule has 0 amide bonds. The van der Waals surface area contributed by atoms with Gasteiger partial charge in [0.2, 0.25) is 0 Å². The van der Waals surface area contributed by atoms with E-state index in [4.69, 9.17) is 10.5 Å². The number of rotatable bonds is 4. The van der Waals surface area contributed by atoms with Gasteiger partial charge in [0.25, 0.3) is 0 Å². The largest absolute Gasteiger partial charge is 0.573 e. The minimum absolute atomic E-state index is 0.276. The van der Waals surface area contributed by atoms with Crippen molar-refractivity contribution < 1.29 is 22.6 Å². The van der Waals surface area contributed by atoms with Gasteiger partial charge in [0.05, 0.1) is 23.2 Å². The van der Waals surface area contributed by atoms with Gasteiger partial charge in [-0.3, -0.25) is 0 Å². The highest BCUT2D eigenvalue weighted by molar-refractivity contribution is 5.76. The summed E-state index contributed by atoms with van der Waals surface area (Å²) < 4.78 is 45.4. The summed E-state index contributed by atoms with van der Waals surface area (Å²) in [7, 11) is 1.52. The van der Waals surface area contributed by atoms with E-state index in [1.165, 1.54) is 25.3 Å². The van der Waals surface area contributed by atoms with Crippen molar-refractivity contribution in [2.24, 2.45) is 5.73 Å². The lowest BCUT2D eigenvalue weighted by Crippen LogP contribution is -2.26. The van der Waals surface area contributed by atoms with E-state index in [0.29, 0.717) is 16.9 Å². The molecule has 0 fully saturated rings. The SMILES string of the molecule is COC(C)C(N)c1nc2ccc(OC(F)(F)F)cc2[nH]1. The van der Waals surface area contributed by atoms with Gasteiger partial charge in [-0.15, -0.1) is 13.2 Å². The number of aromatic nitrogens is 2. The van der Waals surface area contributed by atoms with Gasteiger partial charge in [0.1, 0.15) is 11.6 Å². The number of fused-ring (bicyclic) bond motifs is 1. The average molecular weight is 289 g/mol. The second-order valence-electron chi connectivity index (χ2n) is 4.32. The standard InChI is InChI=1S/C12H14F3N3O2/c1-6(19-2)10(16)11-17-8-4-3-7(5-9(8)18-11)20-12(13,14)15/h3-6,10H,16H2,1-2H3,(H,17,18). The van der Waals surface area contributed by atoms with Crippen LogP contribution in [0.15, 0.2) is 18.2 Å². The van der Waals surface area contributed by atoms with E-state index in [2.05, 4.69) is 14.7 Å². The number of H-pyrrole nitrogens is 1. The van der Waals surface area contributed by atoms with Gasteiger partial charge in [-0.2, -0.15) is 0 Å². The molecule has 0 bridgehead atoms. The van der Waals surface area contributed by atoms with E-state index in [9.17, 15) is 13.2 Å². The van der Waals surface area contributed by atoms with Crippen LogP contribution in [0.4, 0.5) is 13.2 Å². The summed E-state index contributed by atoms with van der Waals surface area (Å²) in [6, 6.07) is 3.36. The van der Waals surface area contributed by atoms with E-state index >= 15 is 0 Å². The molecule has 2 unspecified atom stereocenters. The van der Waals surface area contributed by atoms with Crippen molar-refractivity contribution in [3.63, 3.8) is 0 Å². The van der Waals surface area contributed by atoms with Crippen LogP contribution in [-0.2, 0) is 4.74 Å². The summed E-state index contributed by atoms with van der Waals surface area (Å²) in [5.41, 5.74) is 6.85. The van der Waals surface area contributed by atoms with Gasteiger partial charge < -0.3 is 20.2 Å². The van der Waals surface area contributed by atoms with Crippen LogP contribution in [0, 0.1) is 0 Å². The van der Waals surface area contributed by atoms with Crippen LogP contribution in [0.2, 0.25) is 0 Å². The van der Waals surface area contributed by atoms with E-state index < -0.39 is 12.4 Å².